The van der Waals surface area contributed by atoms with Crippen LogP contribution in [-0.2, 0) is 0 Å². The Balaban J connectivity index is 2.53. The van der Waals surface area contributed by atoms with Gasteiger partial charge in [-0.05, 0) is 60.8 Å². The number of benzene rings is 1. The van der Waals surface area contributed by atoms with Crippen LogP contribution in [0.15, 0.2) is 33.2 Å². The molecular formula is C13H10BrClO2. The molecule has 0 amide bonds. The number of carbonyl (C=O) groups excluding carboxylic acids is 1. The fraction of sp³-hybridized carbons (Fsp3) is 0.154. The third-order valence-electron chi connectivity index (χ3n) is 2.79. The summed E-state index contributed by atoms with van der Waals surface area (Å²) in [4.78, 5) is 11.0. The first-order chi connectivity index (χ1) is 8.00. The molecule has 0 unspecified atom stereocenters. The van der Waals surface area contributed by atoms with Crippen LogP contribution in [-0.4, -0.2) is 5.24 Å². The number of furan rings is 1. The van der Waals surface area contributed by atoms with E-state index in [2.05, 4.69) is 15.9 Å². The lowest BCUT2D eigenvalue weighted by Crippen LogP contribution is -1.87. The van der Waals surface area contributed by atoms with Crippen molar-refractivity contribution in [3.8, 4) is 11.3 Å². The zero-order valence-electron chi connectivity index (χ0n) is 9.38. The van der Waals surface area contributed by atoms with Gasteiger partial charge in [-0.1, -0.05) is 15.9 Å². The van der Waals surface area contributed by atoms with Crippen LogP contribution in [0.5, 0.6) is 0 Å². The summed E-state index contributed by atoms with van der Waals surface area (Å²) in [5.74, 6) is 0.823. The molecule has 0 saturated carbocycles. The van der Waals surface area contributed by atoms with Crippen molar-refractivity contribution in [2.24, 2.45) is 0 Å². The SMILES string of the molecule is Cc1c(Br)ccc(-c2ccc(C(=O)Cl)o2)c1C. The predicted octanol–water partition coefficient (Wildman–Crippen LogP) is 4.70. The molecular weight excluding hydrogens is 303 g/mol. The largest absolute Gasteiger partial charge is 0.452 e. The fourth-order valence-electron chi connectivity index (χ4n) is 1.64. The van der Waals surface area contributed by atoms with Gasteiger partial charge in [0.15, 0.2) is 5.76 Å². The molecule has 1 aromatic carbocycles. The average Bonchev–Trinajstić information content (AvgIpc) is 2.75. The summed E-state index contributed by atoms with van der Waals surface area (Å²) in [6.07, 6.45) is 0. The van der Waals surface area contributed by atoms with Crippen molar-refractivity contribution >= 4 is 32.8 Å². The second kappa shape index (κ2) is 4.67. The molecule has 0 aliphatic carbocycles. The standard InChI is InChI=1S/C13H10BrClO2/c1-7-8(2)10(14)4-3-9(7)11-5-6-12(17-11)13(15)16/h3-6H,1-2H3. The Bertz CT molecular complexity index is 587. The molecule has 0 aliphatic rings. The summed E-state index contributed by atoms with van der Waals surface area (Å²) in [7, 11) is 0. The molecule has 0 N–H and O–H groups in total. The van der Waals surface area contributed by atoms with Crippen LogP contribution < -0.4 is 0 Å². The highest BCUT2D eigenvalue weighted by molar-refractivity contribution is 9.10. The molecule has 2 nitrogen and oxygen atoms in total. The number of halogens is 2. The van der Waals surface area contributed by atoms with Crippen LogP contribution >= 0.6 is 27.5 Å². The maximum Gasteiger partial charge on any atom is 0.287 e. The highest BCUT2D eigenvalue weighted by atomic mass is 79.9. The zero-order valence-corrected chi connectivity index (χ0v) is 11.7. The second-order valence-electron chi connectivity index (χ2n) is 3.78. The van der Waals surface area contributed by atoms with Crippen LogP contribution in [0.1, 0.15) is 21.7 Å². The van der Waals surface area contributed by atoms with E-state index in [1.54, 1.807) is 12.1 Å². The minimum Gasteiger partial charge on any atom is -0.452 e. The molecule has 1 aromatic heterocycles. The van der Waals surface area contributed by atoms with Gasteiger partial charge >= 0.3 is 0 Å². The number of hydrogen-bond acceptors (Lipinski definition) is 2. The predicted molar refractivity (Wildman–Crippen MR) is 71.5 cm³/mol. The first-order valence-electron chi connectivity index (χ1n) is 5.06. The van der Waals surface area contributed by atoms with Gasteiger partial charge < -0.3 is 4.42 Å². The van der Waals surface area contributed by atoms with Gasteiger partial charge in [0.2, 0.25) is 0 Å². The lowest BCUT2D eigenvalue weighted by molar-refractivity contribution is 0.105. The Morgan fingerprint density at radius 1 is 1.18 bits per heavy atom. The molecule has 17 heavy (non-hydrogen) atoms. The van der Waals surface area contributed by atoms with E-state index >= 15 is 0 Å². The van der Waals surface area contributed by atoms with Gasteiger partial charge in [0.05, 0.1) is 0 Å². The van der Waals surface area contributed by atoms with E-state index in [0.717, 1.165) is 21.2 Å². The van der Waals surface area contributed by atoms with Crippen molar-refractivity contribution in [3.63, 3.8) is 0 Å². The van der Waals surface area contributed by atoms with E-state index in [1.165, 1.54) is 0 Å². The van der Waals surface area contributed by atoms with Crippen molar-refractivity contribution in [1.29, 1.82) is 0 Å². The average molecular weight is 314 g/mol. The highest BCUT2D eigenvalue weighted by Gasteiger charge is 2.13. The maximum absolute atomic E-state index is 11.0. The first kappa shape index (κ1) is 12.4. The van der Waals surface area contributed by atoms with Gasteiger partial charge in [-0.15, -0.1) is 0 Å². The van der Waals surface area contributed by atoms with Crippen LogP contribution in [0.25, 0.3) is 11.3 Å². The van der Waals surface area contributed by atoms with Gasteiger partial charge in [0, 0.05) is 10.0 Å². The zero-order chi connectivity index (χ0) is 12.6. The summed E-state index contributed by atoms with van der Waals surface area (Å²) in [6, 6.07) is 7.25. The van der Waals surface area contributed by atoms with Crippen molar-refractivity contribution in [2.75, 3.05) is 0 Å². The molecule has 2 rings (SSSR count). The van der Waals surface area contributed by atoms with Crippen molar-refractivity contribution in [2.45, 2.75) is 13.8 Å². The van der Waals surface area contributed by atoms with E-state index in [0.29, 0.717) is 5.76 Å². The number of carbonyl (C=O) groups is 1. The summed E-state index contributed by atoms with van der Waals surface area (Å²) < 4.78 is 6.46. The topological polar surface area (TPSA) is 30.2 Å². The molecule has 0 atom stereocenters. The number of hydrogen-bond donors (Lipinski definition) is 0. The van der Waals surface area contributed by atoms with Crippen molar-refractivity contribution in [3.05, 3.63) is 45.6 Å². The summed E-state index contributed by atoms with van der Waals surface area (Å²) in [5, 5.41) is -0.581. The Hall–Kier alpha value is -1.06. The Morgan fingerprint density at radius 3 is 2.47 bits per heavy atom. The second-order valence-corrected chi connectivity index (χ2v) is 4.98. The van der Waals surface area contributed by atoms with Gasteiger partial charge in [-0.25, -0.2) is 0 Å². The Kier molecular flexibility index (Phi) is 3.40. The lowest BCUT2D eigenvalue weighted by atomic mass is 10.0. The van der Waals surface area contributed by atoms with Crippen LogP contribution in [0.2, 0.25) is 0 Å². The van der Waals surface area contributed by atoms with Crippen LogP contribution in [0, 0.1) is 13.8 Å². The van der Waals surface area contributed by atoms with E-state index in [9.17, 15) is 4.79 Å². The third-order valence-corrected chi connectivity index (χ3v) is 3.83. The Morgan fingerprint density at radius 2 is 1.88 bits per heavy atom. The quantitative estimate of drug-likeness (QED) is 0.752. The molecule has 0 bridgehead atoms. The first-order valence-corrected chi connectivity index (χ1v) is 6.23. The lowest BCUT2D eigenvalue weighted by Gasteiger charge is -2.07. The molecule has 88 valence electrons. The molecule has 2 aromatic rings. The van der Waals surface area contributed by atoms with Crippen LogP contribution in [0.3, 0.4) is 0 Å². The van der Waals surface area contributed by atoms with Crippen molar-refractivity contribution in [1.82, 2.24) is 0 Å². The third kappa shape index (κ3) is 2.31. The molecule has 0 aliphatic heterocycles. The minimum atomic E-state index is -0.581. The van der Waals surface area contributed by atoms with E-state index in [4.69, 9.17) is 16.0 Å². The van der Waals surface area contributed by atoms with Gasteiger partial charge in [-0.2, -0.15) is 0 Å². The highest BCUT2D eigenvalue weighted by Crippen LogP contribution is 2.31. The maximum atomic E-state index is 11.0. The molecule has 0 saturated heterocycles. The summed E-state index contributed by atoms with van der Waals surface area (Å²) in [6.45, 7) is 4.04. The van der Waals surface area contributed by atoms with Gasteiger partial charge in [-0.3, -0.25) is 4.79 Å². The molecule has 0 fully saturated rings. The molecule has 0 spiro atoms. The Labute approximate surface area is 113 Å². The van der Waals surface area contributed by atoms with E-state index < -0.39 is 5.24 Å². The monoisotopic (exact) mass is 312 g/mol. The normalized spacial score (nSPS) is 10.6. The van der Waals surface area contributed by atoms with Crippen molar-refractivity contribution < 1.29 is 9.21 Å². The van der Waals surface area contributed by atoms with Crippen LogP contribution in [0.4, 0.5) is 0 Å². The van der Waals surface area contributed by atoms with Gasteiger partial charge in [0.25, 0.3) is 5.24 Å². The molecule has 4 heteroatoms. The van der Waals surface area contributed by atoms with E-state index in [-0.39, 0.29) is 5.76 Å². The van der Waals surface area contributed by atoms with Gasteiger partial charge in [0.1, 0.15) is 5.76 Å². The molecule has 1 heterocycles. The minimum absolute atomic E-state index is 0.168. The fourth-order valence-corrected chi connectivity index (χ4v) is 2.17. The smallest absolute Gasteiger partial charge is 0.287 e. The summed E-state index contributed by atoms with van der Waals surface area (Å²) >= 11 is 8.84. The van der Waals surface area contributed by atoms with E-state index in [1.807, 2.05) is 26.0 Å². The molecule has 0 radical (unpaired) electrons. The summed E-state index contributed by atoms with van der Waals surface area (Å²) in [5.41, 5.74) is 3.23. The number of rotatable bonds is 2.